The van der Waals surface area contributed by atoms with Crippen molar-refractivity contribution in [2.75, 3.05) is 6.61 Å². The minimum absolute atomic E-state index is 0.729. The fourth-order valence-corrected chi connectivity index (χ4v) is 0.981. The highest BCUT2D eigenvalue weighted by Gasteiger charge is 2.03. The van der Waals surface area contributed by atoms with Crippen LogP contribution in [0.2, 0.25) is 0 Å². The molecule has 50 valence electrons. The topological polar surface area (TPSA) is 9.23 Å². The first kappa shape index (κ1) is 8.18. The van der Waals surface area contributed by atoms with Gasteiger partial charge in [-0.1, -0.05) is 20.8 Å². The van der Waals surface area contributed by atoms with Crippen LogP contribution in [-0.4, -0.2) is 17.1 Å². The van der Waals surface area contributed by atoms with Crippen LogP contribution in [0, 0.1) is 11.8 Å². The average molecular weight is 132 g/mol. The molecule has 1 unspecified atom stereocenters. The molecule has 0 heterocycles. The van der Waals surface area contributed by atoms with Crippen molar-refractivity contribution in [3.05, 3.63) is 0 Å². The zero-order chi connectivity index (χ0) is 6.57. The van der Waals surface area contributed by atoms with E-state index in [9.17, 15) is 0 Å². The van der Waals surface area contributed by atoms with Crippen molar-refractivity contribution in [2.24, 2.45) is 11.8 Å². The summed E-state index contributed by atoms with van der Waals surface area (Å²) in [4.78, 5) is 0. The lowest BCUT2D eigenvalue weighted by atomic mass is 10.00. The molecule has 8 heavy (non-hydrogen) atoms. The van der Waals surface area contributed by atoms with Gasteiger partial charge in [-0.3, -0.25) is 0 Å². The molecule has 0 saturated carbocycles. The molecule has 0 aromatic rings. The maximum atomic E-state index is 5.10. The minimum Gasteiger partial charge on any atom is -0.428 e. The van der Waals surface area contributed by atoms with Gasteiger partial charge in [0.05, 0.1) is 0 Å². The predicted molar refractivity (Wildman–Crippen MR) is 39.9 cm³/mol. The second-order valence-corrected chi connectivity index (χ2v) is 3.25. The predicted octanol–water partition coefficient (Wildman–Crippen LogP) is 0.575. The largest absolute Gasteiger partial charge is 0.428 e. The fraction of sp³-hybridized carbons (Fsp3) is 1.00. The van der Waals surface area contributed by atoms with Crippen LogP contribution >= 0.6 is 0 Å². The zero-order valence-electron chi connectivity index (χ0n) is 6.27. The zero-order valence-corrected chi connectivity index (χ0v) is 8.27. The first-order valence-corrected chi connectivity index (χ1v) is 3.99. The highest BCUT2D eigenvalue weighted by molar-refractivity contribution is 5.97. The van der Waals surface area contributed by atoms with Gasteiger partial charge in [-0.25, -0.2) is 0 Å². The van der Waals surface area contributed by atoms with Gasteiger partial charge in [0.15, 0.2) is 0 Å². The Balaban J connectivity index is 3.17. The summed E-state index contributed by atoms with van der Waals surface area (Å²) < 4.78 is 5.10. The van der Waals surface area contributed by atoms with E-state index in [1.54, 1.807) is 0 Å². The molecule has 0 aliphatic carbocycles. The molecule has 1 atom stereocenters. The minimum atomic E-state index is 0.729. The van der Waals surface area contributed by atoms with Crippen molar-refractivity contribution in [2.45, 2.75) is 20.8 Å². The highest BCUT2D eigenvalue weighted by Crippen LogP contribution is 2.08. The maximum Gasteiger partial charge on any atom is 0.145 e. The smallest absolute Gasteiger partial charge is 0.145 e. The Morgan fingerprint density at radius 1 is 1.38 bits per heavy atom. The molecular formula is C6H16OSi. The molecule has 0 fully saturated rings. The van der Waals surface area contributed by atoms with Gasteiger partial charge >= 0.3 is 0 Å². The van der Waals surface area contributed by atoms with Gasteiger partial charge in [-0.05, 0) is 11.8 Å². The summed E-state index contributed by atoms with van der Waals surface area (Å²) in [5.74, 6) is 1.50. The van der Waals surface area contributed by atoms with Crippen molar-refractivity contribution in [3.63, 3.8) is 0 Å². The summed E-state index contributed by atoms with van der Waals surface area (Å²) in [5.41, 5.74) is 0. The molecule has 0 saturated heterocycles. The van der Waals surface area contributed by atoms with Crippen molar-refractivity contribution in [3.8, 4) is 0 Å². The summed E-state index contributed by atoms with van der Waals surface area (Å²) in [6.45, 7) is 7.63. The van der Waals surface area contributed by atoms with E-state index in [1.807, 2.05) is 0 Å². The summed E-state index contributed by atoms with van der Waals surface area (Å²) in [5, 5.41) is 0. The highest BCUT2D eigenvalue weighted by atomic mass is 28.2. The van der Waals surface area contributed by atoms with E-state index in [2.05, 4.69) is 20.8 Å². The van der Waals surface area contributed by atoms with E-state index >= 15 is 0 Å². The molecule has 0 aliphatic heterocycles. The molecule has 0 amide bonds. The third kappa shape index (κ3) is 3.21. The lowest BCUT2D eigenvalue weighted by molar-refractivity contribution is 0.240. The van der Waals surface area contributed by atoms with Crippen LogP contribution in [0.15, 0.2) is 0 Å². The van der Waals surface area contributed by atoms with Crippen LogP contribution in [0.3, 0.4) is 0 Å². The third-order valence-corrected chi connectivity index (χ3v) is 1.90. The molecular weight excluding hydrogens is 116 g/mol. The molecule has 0 radical (unpaired) electrons. The molecule has 0 rings (SSSR count). The normalized spacial score (nSPS) is 15.0. The number of hydrogen-bond donors (Lipinski definition) is 0. The van der Waals surface area contributed by atoms with Crippen molar-refractivity contribution in [1.82, 2.24) is 0 Å². The van der Waals surface area contributed by atoms with Crippen LogP contribution in [0.5, 0.6) is 0 Å². The Labute approximate surface area is 55.0 Å². The molecule has 0 N–H and O–H groups in total. The van der Waals surface area contributed by atoms with Gasteiger partial charge in [0.2, 0.25) is 0 Å². The van der Waals surface area contributed by atoms with Crippen LogP contribution in [-0.2, 0) is 4.43 Å². The molecule has 2 heteroatoms. The molecule has 0 spiro atoms. The first-order valence-electron chi connectivity index (χ1n) is 3.17. The van der Waals surface area contributed by atoms with Crippen LogP contribution in [0.4, 0.5) is 0 Å². The van der Waals surface area contributed by atoms with Crippen molar-refractivity contribution in [1.29, 1.82) is 0 Å². The summed E-state index contributed by atoms with van der Waals surface area (Å²) >= 11 is 0. The Morgan fingerprint density at radius 3 is 2.00 bits per heavy atom. The van der Waals surface area contributed by atoms with Gasteiger partial charge in [0, 0.05) is 6.61 Å². The standard InChI is InChI=1S/C6H16OSi/c1-5(2)6(3)4-7-8/h5-6H,4H2,1-3,8H3. The Bertz CT molecular complexity index is 54.5. The number of hydrogen-bond acceptors (Lipinski definition) is 1. The van der Waals surface area contributed by atoms with Gasteiger partial charge in [0.1, 0.15) is 10.5 Å². The first-order chi connectivity index (χ1) is 3.68. The van der Waals surface area contributed by atoms with E-state index in [0.717, 1.165) is 28.9 Å². The molecule has 0 aromatic carbocycles. The van der Waals surface area contributed by atoms with Crippen molar-refractivity contribution >= 4 is 10.5 Å². The van der Waals surface area contributed by atoms with Crippen molar-refractivity contribution < 1.29 is 4.43 Å². The van der Waals surface area contributed by atoms with E-state index in [4.69, 9.17) is 4.43 Å². The third-order valence-electron chi connectivity index (χ3n) is 1.57. The van der Waals surface area contributed by atoms with Crippen LogP contribution < -0.4 is 0 Å². The van der Waals surface area contributed by atoms with Gasteiger partial charge in [-0.2, -0.15) is 0 Å². The van der Waals surface area contributed by atoms with Gasteiger partial charge in [-0.15, -0.1) is 0 Å². The summed E-state index contributed by atoms with van der Waals surface area (Å²) in [6, 6.07) is 0. The van der Waals surface area contributed by atoms with Gasteiger partial charge in [0.25, 0.3) is 0 Å². The number of rotatable bonds is 3. The second kappa shape index (κ2) is 4.10. The lowest BCUT2D eigenvalue weighted by Gasteiger charge is -2.13. The SMILES string of the molecule is CC(C)C(C)CO[SiH3]. The maximum absolute atomic E-state index is 5.10. The molecule has 1 nitrogen and oxygen atoms in total. The Kier molecular flexibility index (Phi) is 4.19. The van der Waals surface area contributed by atoms with Crippen LogP contribution in [0.25, 0.3) is 0 Å². The second-order valence-electron chi connectivity index (χ2n) is 2.68. The van der Waals surface area contributed by atoms with Gasteiger partial charge < -0.3 is 4.43 Å². The van der Waals surface area contributed by atoms with E-state index in [1.165, 1.54) is 0 Å². The molecule has 0 aliphatic rings. The Morgan fingerprint density at radius 2 is 1.88 bits per heavy atom. The van der Waals surface area contributed by atoms with E-state index in [0.29, 0.717) is 0 Å². The lowest BCUT2D eigenvalue weighted by Crippen LogP contribution is -2.10. The van der Waals surface area contributed by atoms with E-state index in [-0.39, 0.29) is 0 Å². The van der Waals surface area contributed by atoms with Crippen LogP contribution in [0.1, 0.15) is 20.8 Å². The molecule has 0 bridgehead atoms. The molecule has 0 aromatic heterocycles. The average Bonchev–Trinajstić information content (AvgIpc) is 1.67. The summed E-state index contributed by atoms with van der Waals surface area (Å²) in [7, 11) is 0.883. The summed E-state index contributed by atoms with van der Waals surface area (Å²) in [6.07, 6.45) is 0. The fourth-order valence-electron chi connectivity index (χ4n) is 0.455. The monoisotopic (exact) mass is 132 g/mol. The Hall–Kier alpha value is 0.177. The van der Waals surface area contributed by atoms with E-state index < -0.39 is 0 Å². The quantitative estimate of drug-likeness (QED) is 0.510.